The van der Waals surface area contributed by atoms with Crippen molar-refractivity contribution in [2.75, 3.05) is 0 Å². The number of nitrogens with zero attached hydrogens (tertiary/aromatic N) is 1. The molecule has 0 fully saturated rings. The van der Waals surface area contributed by atoms with E-state index in [0.29, 0.717) is 22.0 Å². The van der Waals surface area contributed by atoms with E-state index in [0.717, 1.165) is 12.5 Å². The van der Waals surface area contributed by atoms with Crippen LogP contribution in [-0.2, 0) is 14.8 Å². The molecule has 0 aliphatic rings. The van der Waals surface area contributed by atoms with Gasteiger partial charge in [0.15, 0.2) is 0 Å². The second-order valence-electron chi connectivity index (χ2n) is 7.39. The predicted molar refractivity (Wildman–Crippen MR) is 111 cm³/mol. The van der Waals surface area contributed by atoms with Crippen LogP contribution < -0.4 is 10.0 Å². The molecule has 0 radical (unpaired) electrons. The number of sulfonamides is 1. The van der Waals surface area contributed by atoms with Crippen LogP contribution >= 0.6 is 0 Å². The fraction of sp³-hybridized carbons (Fsp3) is 0.250. The number of hydrogen-bond acceptors (Lipinski definition) is 5. The molecular weight excluding hydrogens is 408 g/mol. The molecule has 4 N–H and O–H groups in total. The number of carbonyl (C=O) groups excluding carboxylic acids is 1. The van der Waals surface area contributed by atoms with Gasteiger partial charge in [0.1, 0.15) is 0 Å². The zero-order chi connectivity index (χ0) is 22.3. The third-order valence-electron chi connectivity index (χ3n) is 4.71. The van der Waals surface area contributed by atoms with E-state index in [2.05, 4.69) is 20.2 Å². The summed E-state index contributed by atoms with van der Waals surface area (Å²) in [5, 5.41) is 19.3. The number of nitrogens with one attached hydrogen (secondary N) is 3. The summed E-state index contributed by atoms with van der Waals surface area (Å²) in [6.45, 7) is 6.18. The number of fused-ring (bicyclic) bond motifs is 1. The van der Waals surface area contributed by atoms with E-state index in [1.165, 1.54) is 18.3 Å². The minimum atomic E-state index is -4.26. The standard InChI is InChI=1S/C20H22N4O5S/c1-11-7-12(2)17(13(3)8-11)30(28,29)24-20(4,19(26)27)22-18(25)14-5-6-16-15(9-14)10-21-23-16/h5-10,24H,1-4H3,(H,21,23)(H,22,25)(H,26,27). The maximum absolute atomic E-state index is 13.0. The predicted octanol–water partition coefficient (Wildman–Crippen LogP) is 2.00. The van der Waals surface area contributed by atoms with Crippen molar-refractivity contribution in [3.8, 4) is 0 Å². The number of H-pyrrole nitrogens is 1. The minimum Gasteiger partial charge on any atom is -0.478 e. The summed E-state index contributed by atoms with van der Waals surface area (Å²) in [7, 11) is -4.26. The third kappa shape index (κ3) is 4.05. The first-order valence-corrected chi connectivity index (χ1v) is 10.5. The summed E-state index contributed by atoms with van der Waals surface area (Å²) in [4.78, 5) is 24.6. The van der Waals surface area contributed by atoms with Crippen molar-refractivity contribution in [2.45, 2.75) is 38.3 Å². The number of hydrogen-bond donors (Lipinski definition) is 4. The van der Waals surface area contributed by atoms with E-state index < -0.39 is 27.6 Å². The number of aromatic nitrogens is 2. The summed E-state index contributed by atoms with van der Waals surface area (Å²) in [6, 6.07) is 8.02. The van der Waals surface area contributed by atoms with Crippen LogP contribution in [0.3, 0.4) is 0 Å². The van der Waals surface area contributed by atoms with Crippen molar-refractivity contribution in [2.24, 2.45) is 0 Å². The highest BCUT2D eigenvalue weighted by molar-refractivity contribution is 7.89. The van der Waals surface area contributed by atoms with Crippen molar-refractivity contribution in [3.05, 3.63) is 58.8 Å². The topological polar surface area (TPSA) is 141 Å². The second kappa shape index (κ2) is 7.54. The van der Waals surface area contributed by atoms with Gasteiger partial charge in [-0.25, -0.2) is 13.2 Å². The molecule has 3 aromatic rings. The third-order valence-corrected chi connectivity index (χ3v) is 6.56. The van der Waals surface area contributed by atoms with Crippen LogP contribution in [0, 0.1) is 20.8 Å². The first-order chi connectivity index (χ1) is 13.9. The molecule has 0 saturated carbocycles. The molecule has 2 aromatic carbocycles. The highest BCUT2D eigenvalue weighted by atomic mass is 32.2. The van der Waals surface area contributed by atoms with Crippen molar-refractivity contribution < 1.29 is 23.1 Å². The van der Waals surface area contributed by atoms with Gasteiger partial charge in [0.25, 0.3) is 5.91 Å². The Kier molecular flexibility index (Phi) is 5.40. The van der Waals surface area contributed by atoms with Gasteiger partial charge >= 0.3 is 5.97 Å². The molecule has 1 aromatic heterocycles. The highest BCUT2D eigenvalue weighted by Crippen LogP contribution is 2.23. The molecule has 0 bridgehead atoms. The summed E-state index contributed by atoms with van der Waals surface area (Å²) in [6.07, 6.45) is 1.52. The van der Waals surface area contributed by atoms with Gasteiger partial charge in [0.05, 0.1) is 16.6 Å². The molecule has 1 heterocycles. The molecule has 1 unspecified atom stereocenters. The molecule has 30 heavy (non-hydrogen) atoms. The first kappa shape index (κ1) is 21.5. The van der Waals surface area contributed by atoms with Gasteiger partial charge in [-0.15, -0.1) is 0 Å². The zero-order valence-corrected chi connectivity index (χ0v) is 17.7. The van der Waals surface area contributed by atoms with Gasteiger partial charge < -0.3 is 10.4 Å². The second-order valence-corrected chi connectivity index (χ2v) is 9.01. The SMILES string of the molecule is Cc1cc(C)c(S(=O)(=O)NC(C)(NC(=O)c2ccc3[nH]ncc3c2)C(=O)O)c(C)c1. The molecule has 9 nitrogen and oxygen atoms in total. The normalized spacial score (nSPS) is 13.7. The van der Waals surface area contributed by atoms with E-state index in [4.69, 9.17) is 0 Å². The molecule has 0 aliphatic heterocycles. The van der Waals surface area contributed by atoms with Gasteiger partial charge in [-0.2, -0.15) is 9.82 Å². The summed E-state index contributed by atoms with van der Waals surface area (Å²) < 4.78 is 28.2. The van der Waals surface area contributed by atoms with E-state index in [1.807, 2.05) is 6.92 Å². The Balaban J connectivity index is 1.94. The Morgan fingerprint density at radius 3 is 2.33 bits per heavy atom. The van der Waals surface area contributed by atoms with Crippen molar-refractivity contribution >= 4 is 32.8 Å². The average molecular weight is 430 g/mol. The average Bonchev–Trinajstić information content (AvgIpc) is 3.07. The smallest absolute Gasteiger partial charge is 0.345 e. The lowest BCUT2D eigenvalue weighted by molar-refractivity contribution is -0.144. The Bertz CT molecular complexity index is 1240. The van der Waals surface area contributed by atoms with Gasteiger partial charge in [-0.1, -0.05) is 17.7 Å². The zero-order valence-electron chi connectivity index (χ0n) is 16.9. The summed E-state index contributed by atoms with van der Waals surface area (Å²) in [5.74, 6) is -2.30. The van der Waals surface area contributed by atoms with E-state index >= 15 is 0 Å². The first-order valence-electron chi connectivity index (χ1n) is 9.04. The lowest BCUT2D eigenvalue weighted by Crippen LogP contribution is -2.63. The van der Waals surface area contributed by atoms with Gasteiger partial charge in [-0.05, 0) is 57.0 Å². The summed E-state index contributed by atoms with van der Waals surface area (Å²) in [5.41, 5.74) is 0.434. The maximum Gasteiger partial charge on any atom is 0.345 e. The van der Waals surface area contributed by atoms with Crippen molar-refractivity contribution in [1.29, 1.82) is 0 Å². The van der Waals surface area contributed by atoms with Crippen LogP contribution in [0.15, 0.2) is 41.4 Å². The number of aliphatic carboxylic acids is 1. The van der Waals surface area contributed by atoms with Crippen LogP contribution in [0.1, 0.15) is 34.0 Å². The lowest BCUT2D eigenvalue weighted by atomic mass is 10.1. The van der Waals surface area contributed by atoms with E-state index in [1.54, 1.807) is 32.0 Å². The number of benzene rings is 2. The molecule has 158 valence electrons. The lowest BCUT2D eigenvalue weighted by Gasteiger charge is -2.28. The molecule has 0 saturated heterocycles. The van der Waals surface area contributed by atoms with Crippen LogP contribution in [0.4, 0.5) is 0 Å². The number of carboxylic acids is 1. The van der Waals surface area contributed by atoms with Crippen LogP contribution in [-0.4, -0.2) is 41.3 Å². The van der Waals surface area contributed by atoms with Gasteiger partial charge in [0.2, 0.25) is 15.7 Å². The quantitative estimate of drug-likeness (QED) is 0.441. The molecule has 0 aliphatic carbocycles. The number of aryl methyl sites for hydroxylation is 3. The van der Waals surface area contributed by atoms with Crippen LogP contribution in [0.25, 0.3) is 10.9 Å². The van der Waals surface area contributed by atoms with Crippen LogP contribution in [0.5, 0.6) is 0 Å². The number of rotatable bonds is 6. The van der Waals surface area contributed by atoms with Crippen molar-refractivity contribution in [1.82, 2.24) is 20.2 Å². The Morgan fingerprint density at radius 2 is 1.73 bits per heavy atom. The molecule has 1 amide bonds. The van der Waals surface area contributed by atoms with Gasteiger partial charge in [0, 0.05) is 10.9 Å². The largest absolute Gasteiger partial charge is 0.478 e. The molecule has 0 spiro atoms. The number of carbonyl (C=O) groups is 2. The fourth-order valence-corrected chi connectivity index (χ4v) is 5.16. The van der Waals surface area contributed by atoms with Gasteiger partial charge in [-0.3, -0.25) is 9.89 Å². The van der Waals surface area contributed by atoms with Crippen LogP contribution in [0.2, 0.25) is 0 Å². The monoisotopic (exact) mass is 430 g/mol. The number of carboxylic acid groups (broad SMARTS) is 1. The fourth-order valence-electron chi connectivity index (χ4n) is 3.42. The van der Waals surface area contributed by atoms with E-state index in [-0.39, 0.29) is 10.5 Å². The maximum atomic E-state index is 13.0. The Hall–Kier alpha value is -3.24. The summed E-state index contributed by atoms with van der Waals surface area (Å²) >= 11 is 0. The van der Waals surface area contributed by atoms with Crippen molar-refractivity contribution in [3.63, 3.8) is 0 Å². The Morgan fingerprint density at radius 1 is 1.10 bits per heavy atom. The molecule has 10 heteroatoms. The Labute approximate surface area is 173 Å². The van der Waals surface area contributed by atoms with E-state index in [9.17, 15) is 23.1 Å². The molecular formula is C20H22N4O5S. The molecule has 3 rings (SSSR count). The number of amides is 1. The molecule has 1 atom stereocenters. The highest BCUT2D eigenvalue weighted by Gasteiger charge is 2.40. The number of aromatic amines is 1. The minimum absolute atomic E-state index is 0.0189.